The van der Waals surface area contributed by atoms with Crippen LogP contribution in [0.3, 0.4) is 0 Å². The molecular weight excluding hydrogens is 254 g/mol. The zero-order chi connectivity index (χ0) is 14.3. The van der Waals surface area contributed by atoms with Crippen molar-refractivity contribution in [2.45, 2.75) is 51.6 Å². The van der Waals surface area contributed by atoms with Crippen LogP contribution < -0.4 is 5.32 Å². The molecule has 3 rings (SSSR count). The van der Waals surface area contributed by atoms with E-state index in [1.165, 1.54) is 0 Å². The molecule has 1 saturated heterocycles. The average molecular weight is 277 g/mol. The van der Waals surface area contributed by atoms with Crippen LogP contribution in [0.4, 0.5) is 0 Å². The summed E-state index contributed by atoms with van der Waals surface area (Å²) in [6, 6.07) is 0.713. The lowest BCUT2D eigenvalue weighted by molar-refractivity contribution is 0.0901. The molecule has 5 heteroatoms. The van der Waals surface area contributed by atoms with Crippen molar-refractivity contribution in [3.63, 3.8) is 0 Å². The third kappa shape index (κ3) is 2.73. The van der Waals surface area contributed by atoms with Crippen LogP contribution in [0, 0.1) is 5.92 Å². The fourth-order valence-corrected chi connectivity index (χ4v) is 2.76. The molecule has 2 fully saturated rings. The summed E-state index contributed by atoms with van der Waals surface area (Å²) < 4.78 is 5.55. The fourth-order valence-electron chi connectivity index (χ4n) is 2.76. The summed E-state index contributed by atoms with van der Waals surface area (Å²) in [5.74, 6) is 1.85. The van der Waals surface area contributed by atoms with E-state index in [1.54, 1.807) is 6.20 Å². The summed E-state index contributed by atoms with van der Waals surface area (Å²) >= 11 is 0. The number of aromatic nitrogens is 1. The molecule has 0 bridgehead atoms. The van der Waals surface area contributed by atoms with E-state index < -0.39 is 0 Å². The van der Waals surface area contributed by atoms with Crippen LogP contribution in [0.2, 0.25) is 0 Å². The predicted molar refractivity (Wildman–Crippen MR) is 75.6 cm³/mol. The molecule has 20 heavy (non-hydrogen) atoms. The molecule has 110 valence electrons. The molecule has 1 aromatic heterocycles. The van der Waals surface area contributed by atoms with E-state index >= 15 is 0 Å². The number of hydrogen-bond donors (Lipinski definition) is 1. The van der Waals surface area contributed by atoms with Gasteiger partial charge in [-0.3, -0.25) is 9.69 Å². The van der Waals surface area contributed by atoms with Gasteiger partial charge in [-0.1, -0.05) is 6.92 Å². The number of hydrogen-bond acceptors (Lipinski definition) is 4. The van der Waals surface area contributed by atoms with E-state index in [0.717, 1.165) is 31.8 Å². The lowest BCUT2D eigenvalue weighted by Gasteiger charge is -2.20. The van der Waals surface area contributed by atoms with Gasteiger partial charge in [0.15, 0.2) is 5.89 Å². The van der Waals surface area contributed by atoms with Gasteiger partial charge >= 0.3 is 0 Å². The number of rotatable bonds is 4. The Labute approximate surface area is 119 Å². The van der Waals surface area contributed by atoms with Crippen molar-refractivity contribution in [2.24, 2.45) is 5.92 Å². The molecule has 1 aromatic rings. The largest absolute Gasteiger partial charge is 0.435 e. The molecule has 5 nitrogen and oxygen atoms in total. The standard InChI is InChI=1S/C15H23N3O2/c1-9(2)18-7-10(3)12(8-18)17-14(19)13-6-16-15(20-13)11-4-5-11/h6,9-12H,4-5,7-8H2,1-3H3,(H,17,19)/t10-,12?/m1/s1. The van der Waals surface area contributed by atoms with Crippen LogP contribution in [0.25, 0.3) is 0 Å². The smallest absolute Gasteiger partial charge is 0.288 e. The Kier molecular flexibility index (Phi) is 3.54. The molecule has 2 atom stereocenters. The van der Waals surface area contributed by atoms with Crippen molar-refractivity contribution >= 4 is 5.91 Å². The second-order valence-corrected chi connectivity index (χ2v) is 6.44. The van der Waals surface area contributed by atoms with Crippen molar-refractivity contribution in [3.05, 3.63) is 17.8 Å². The van der Waals surface area contributed by atoms with Crippen LogP contribution in [-0.4, -0.2) is 41.0 Å². The summed E-state index contributed by atoms with van der Waals surface area (Å²) in [5.41, 5.74) is 0. The van der Waals surface area contributed by atoms with Gasteiger partial charge in [0, 0.05) is 31.1 Å². The number of oxazole rings is 1. The van der Waals surface area contributed by atoms with Crippen LogP contribution in [0.5, 0.6) is 0 Å². The lowest BCUT2D eigenvalue weighted by atomic mass is 10.1. The zero-order valence-electron chi connectivity index (χ0n) is 12.4. The number of carbonyl (C=O) groups is 1. The molecule has 1 N–H and O–H groups in total. The molecule has 2 heterocycles. The number of amides is 1. The van der Waals surface area contributed by atoms with E-state index in [2.05, 4.69) is 36.0 Å². The van der Waals surface area contributed by atoms with E-state index in [9.17, 15) is 4.79 Å². The summed E-state index contributed by atoms with van der Waals surface area (Å²) in [6.45, 7) is 8.51. The van der Waals surface area contributed by atoms with Crippen molar-refractivity contribution in [3.8, 4) is 0 Å². The first-order chi connectivity index (χ1) is 9.54. The third-order valence-electron chi connectivity index (χ3n) is 4.36. The highest BCUT2D eigenvalue weighted by Crippen LogP contribution is 2.39. The van der Waals surface area contributed by atoms with E-state index in [4.69, 9.17) is 4.42 Å². The van der Waals surface area contributed by atoms with Gasteiger partial charge in [0.05, 0.1) is 6.20 Å². The fraction of sp³-hybridized carbons (Fsp3) is 0.733. The minimum atomic E-state index is -0.133. The third-order valence-corrected chi connectivity index (χ3v) is 4.36. The maximum Gasteiger partial charge on any atom is 0.288 e. The van der Waals surface area contributed by atoms with E-state index in [1.807, 2.05) is 0 Å². The Bertz CT molecular complexity index is 493. The molecular formula is C15H23N3O2. The maximum atomic E-state index is 12.2. The Hall–Kier alpha value is -1.36. The molecule has 1 aliphatic carbocycles. The van der Waals surface area contributed by atoms with Crippen molar-refractivity contribution in [2.75, 3.05) is 13.1 Å². The Morgan fingerprint density at radius 1 is 1.45 bits per heavy atom. The molecule has 1 aliphatic heterocycles. The molecule has 0 aromatic carbocycles. The van der Waals surface area contributed by atoms with Gasteiger partial charge in [0.25, 0.3) is 5.91 Å². The van der Waals surface area contributed by atoms with Gasteiger partial charge in [0.1, 0.15) is 0 Å². The van der Waals surface area contributed by atoms with Crippen LogP contribution in [0.15, 0.2) is 10.6 Å². The van der Waals surface area contributed by atoms with Crippen molar-refractivity contribution in [1.29, 1.82) is 0 Å². The molecule has 1 saturated carbocycles. The number of carbonyl (C=O) groups excluding carboxylic acids is 1. The van der Waals surface area contributed by atoms with Gasteiger partial charge in [-0.25, -0.2) is 4.98 Å². The Morgan fingerprint density at radius 2 is 2.20 bits per heavy atom. The molecule has 1 unspecified atom stereocenters. The first-order valence-corrected chi connectivity index (χ1v) is 7.55. The quantitative estimate of drug-likeness (QED) is 0.914. The predicted octanol–water partition coefficient (Wildman–Crippen LogP) is 2.01. The zero-order valence-corrected chi connectivity index (χ0v) is 12.4. The summed E-state index contributed by atoms with van der Waals surface area (Å²) in [4.78, 5) is 18.8. The topological polar surface area (TPSA) is 58.4 Å². The summed E-state index contributed by atoms with van der Waals surface area (Å²) in [5, 5.41) is 3.09. The first-order valence-electron chi connectivity index (χ1n) is 7.55. The van der Waals surface area contributed by atoms with E-state index in [0.29, 0.717) is 23.6 Å². The molecule has 1 amide bonds. The Morgan fingerprint density at radius 3 is 2.80 bits per heavy atom. The van der Waals surface area contributed by atoms with Crippen molar-refractivity contribution < 1.29 is 9.21 Å². The van der Waals surface area contributed by atoms with Crippen LogP contribution in [0.1, 0.15) is 56.0 Å². The van der Waals surface area contributed by atoms with E-state index in [-0.39, 0.29) is 11.9 Å². The van der Waals surface area contributed by atoms with Gasteiger partial charge in [-0.15, -0.1) is 0 Å². The van der Waals surface area contributed by atoms with Crippen LogP contribution in [-0.2, 0) is 0 Å². The van der Waals surface area contributed by atoms with Crippen molar-refractivity contribution in [1.82, 2.24) is 15.2 Å². The maximum absolute atomic E-state index is 12.2. The second-order valence-electron chi connectivity index (χ2n) is 6.44. The van der Waals surface area contributed by atoms with Gasteiger partial charge in [-0.05, 0) is 32.6 Å². The second kappa shape index (κ2) is 5.20. The SMILES string of the molecule is CC(C)N1CC(NC(=O)c2cnc(C3CC3)o2)[C@H](C)C1. The van der Waals surface area contributed by atoms with Gasteiger partial charge in [0.2, 0.25) is 5.76 Å². The monoisotopic (exact) mass is 277 g/mol. The highest BCUT2D eigenvalue weighted by Gasteiger charge is 2.33. The highest BCUT2D eigenvalue weighted by molar-refractivity contribution is 5.91. The number of likely N-dealkylation sites (tertiary alicyclic amines) is 1. The number of nitrogens with zero attached hydrogens (tertiary/aromatic N) is 2. The summed E-state index contributed by atoms with van der Waals surface area (Å²) in [7, 11) is 0. The Balaban J connectivity index is 1.60. The molecule has 2 aliphatic rings. The summed E-state index contributed by atoms with van der Waals surface area (Å²) in [6.07, 6.45) is 3.82. The number of nitrogens with one attached hydrogen (secondary N) is 1. The molecule has 0 radical (unpaired) electrons. The lowest BCUT2D eigenvalue weighted by Crippen LogP contribution is -2.40. The molecule has 0 spiro atoms. The average Bonchev–Trinajstić information content (AvgIpc) is 3.01. The van der Waals surface area contributed by atoms with Gasteiger partial charge in [-0.2, -0.15) is 0 Å². The highest BCUT2D eigenvalue weighted by atomic mass is 16.4. The minimum Gasteiger partial charge on any atom is -0.435 e. The van der Waals surface area contributed by atoms with Crippen LogP contribution >= 0.6 is 0 Å². The minimum absolute atomic E-state index is 0.133. The first kappa shape index (κ1) is 13.6. The normalized spacial score (nSPS) is 27.2. The van der Waals surface area contributed by atoms with Gasteiger partial charge < -0.3 is 9.73 Å².